The molecule has 1 amide bonds. The number of halogens is 1. The molecule has 1 aliphatic rings. The molecule has 1 saturated heterocycles. The Morgan fingerprint density at radius 1 is 1.26 bits per heavy atom. The minimum atomic E-state index is -0.362. The van der Waals surface area contributed by atoms with E-state index in [-0.39, 0.29) is 17.8 Å². The van der Waals surface area contributed by atoms with Crippen molar-refractivity contribution in [1.29, 1.82) is 0 Å². The number of aromatic nitrogens is 4. The van der Waals surface area contributed by atoms with E-state index >= 15 is 0 Å². The molecule has 1 unspecified atom stereocenters. The van der Waals surface area contributed by atoms with Crippen molar-refractivity contribution in [2.45, 2.75) is 18.9 Å². The second-order valence-electron chi connectivity index (χ2n) is 6.48. The second-order valence-corrected chi connectivity index (χ2v) is 6.48. The van der Waals surface area contributed by atoms with Gasteiger partial charge in [-0.2, -0.15) is 5.10 Å². The maximum atomic E-state index is 13.5. The quantitative estimate of drug-likeness (QED) is 0.740. The number of nitrogens with one attached hydrogen (secondary N) is 2. The fraction of sp³-hybridized carbons (Fsp3) is 0.263. The van der Waals surface area contributed by atoms with E-state index in [2.05, 4.69) is 30.4 Å². The molecule has 7 nitrogen and oxygen atoms in total. The topological polar surface area (TPSA) is 86.8 Å². The summed E-state index contributed by atoms with van der Waals surface area (Å²) in [7, 11) is 0. The highest BCUT2D eigenvalue weighted by molar-refractivity contribution is 5.99. The maximum Gasteiger partial charge on any atom is 0.255 e. The van der Waals surface area contributed by atoms with Gasteiger partial charge in [-0.15, -0.1) is 0 Å². The van der Waals surface area contributed by atoms with Gasteiger partial charge in [-0.25, -0.2) is 14.4 Å². The number of anilines is 1. The molecular formula is C19H19FN6O. The molecule has 3 heterocycles. The summed E-state index contributed by atoms with van der Waals surface area (Å²) in [6.45, 7) is 1.50. The van der Waals surface area contributed by atoms with Crippen molar-refractivity contribution >= 4 is 11.9 Å². The summed E-state index contributed by atoms with van der Waals surface area (Å²) in [4.78, 5) is 23.4. The third-order valence-corrected chi connectivity index (χ3v) is 4.59. The first kappa shape index (κ1) is 17.1. The van der Waals surface area contributed by atoms with Crippen LogP contribution in [0, 0.1) is 5.82 Å². The minimum Gasteiger partial charge on any atom is -0.347 e. The number of carbonyl (C=O) groups excluding carboxylic acids is 1. The lowest BCUT2D eigenvalue weighted by molar-refractivity contribution is 0.0933. The van der Waals surface area contributed by atoms with Crippen LogP contribution in [0.3, 0.4) is 0 Å². The van der Waals surface area contributed by atoms with Crippen molar-refractivity contribution in [2.75, 3.05) is 18.0 Å². The molecule has 1 aromatic carbocycles. The Hall–Kier alpha value is -3.29. The van der Waals surface area contributed by atoms with Crippen LogP contribution in [0.1, 0.15) is 23.2 Å². The molecule has 0 saturated carbocycles. The van der Waals surface area contributed by atoms with Crippen molar-refractivity contribution in [3.63, 3.8) is 0 Å². The molecule has 1 aliphatic heterocycles. The van der Waals surface area contributed by atoms with Crippen LogP contribution in [-0.2, 0) is 0 Å². The first-order valence-corrected chi connectivity index (χ1v) is 8.83. The first-order valence-electron chi connectivity index (χ1n) is 8.83. The zero-order valence-electron chi connectivity index (χ0n) is 14.6. The lowest BCUT2D eigenvalue weighted by atomic mass is 10.0. The van der Waals surface area contributed by atoms with Gasteiger partial charge in [-0.05, 0) is 31.0 Å². The maximum absolute atomic E-state index is 13.5. The molecule has 0 radical (unpaired) electrons. The van der Waals surface area contributed by atoms with Crippen molar-refractivity contribution in [1.82, 2.24) is 25.5 Å². The molecule has 4 rings (SSSR count). The highest BCUT2D eigenvalue weighted by Gasteiger charge is 2.25. The van der Waals surface area contributed by atoms with E-state index in [1.54, 1.807) is 30.6 Å². The van der Waals surface area contributed by atoms with E-state index in [1.165, 1.54) is 18.3 Å². The summed E-state index contributed by atoms with van der Waals surface area (Å²) in [6.07, 6.45) is 6.70. The summed E-state index contributed by atoms with van der Waals surface area (Å²) in [5, 5.41) is 9.82. The number of rotatable bonds is 4. The molecule has 1 atom stereocenters. The van der Waals surface area contributed by atoms with Crippen molar-refractivity contribution < 1.29 is 9.18 Å². The molecular weight excluding hydrogens is 347 g/mol. The average molecular weight is 366 g/mol. The molecule has 0 bridgehead atoms. The van der Waals surface area contributed by atoms with E-state index in [1.807, 2.05) is 0 Å². The first-order chi connectivity index (χ1) is 13.2. The Morgan fingerprint density at radius 2 is 2.11 bits per heavy atom. The van der Waals surface area contributed by atoms with Crippen molar-refractivity contribution in [3.8, 4) is 11.3 Å². The zero-order chi connectivity index (χ0) is 18.6. The largest absolute Gasteiger partial charge is 0.347 e. The Bertz CT molecular complexity index is 929. The summed E-state index contributed by atoms with van der Waals surface area (Å²) in [5.74, 6) is 0.0725. The van der Waals surface area contributed by atoms with Gasteiger partial charge in [-0.1, -0.05) is 12.1 Å². The molecule has 138 valence electrons. The monoisotopic (exact) mass is 366 g/mol. The Balaban J connectivity index is 1.48. The van der Waals surface area contributed by atoms with Crippen LogP contribution in [0.15, 0.2) is 48.9 Å². The smallest absolute Gasteiger partial charge is 0.255 e. The van der Waals surface area contributed by atoms with Gasteiger partial charge in [0.05, 0.1) is 17.5 Å². The highest BCUT2D eigenvalue weighted by atomic mass is 19.1. The van der Waals surface area contributed by atoms with Gasteiger partial charge < -0.3 is 10.2 Å². The van der Waals surface area contributed by atoms with Gasteiger partial charge in [0.2, 0.25) is 5.95 Å². The molecule has 27 heavy (non-hydrogen) atoms. The number of benzene rings is 1. The molecule has 2 aromatic heterocycles. The summed E-state index contributed by atoms with van der Waals surface area (Å²) in [6, 6.07) is 7.83. The number of H-pyrrole nitrogens is 1. The fourth-order valence-electron chi connectivity index (χ4n) is 3.32. The predicted octanol–water partition coefficient (Wildman–Crippen LogP) is 2.40. The molecule has 3 aromatic rings. The fourth-order valence-corrected chi connectivity index (χ4v) is 3.32. The summed E-state index contributed by atoms with van der Waals surface area (Å²) < 4.78 is 13.5. The van der Waals surface area contributed by atoms with Gasteiger partial charge in [0.25, 0.3) is 5.91 Å². The summed E-state index contributed by atoms with van der Waals surface area (Å²) in [5.41, 5.74) is 1.49. The van der Waals surface area contributed by atoms with Crippen LogP contribution >= 0.6 is 0 Å². The average Bonchev–Trinajstić information content (AvgIpc) is 3.19. The molecule has 8 heteroatoms. The van der Waals surface area contributed by atoms with Crippen LogP contribution < -0.4 is 10.2 Å². The third-order valence-electron chi connectivity index (χ3n) is 4.59. The van der Waals surface area contributed by atoms with Crippen LogP contribution in [0.2, 0.25) is 0 Å². The minimum absolute atomic E-state index is 0.0229. The SMILES string of the molecule is O=C(NC1CCCN(c2ncccn2)C1)c1cn[nH]c1-c1cccc(F)c1. The highest BCUT2D eigenvalue weighted by Crippen LogP contribution is 2.22. The van der Waals surface area contributed by atoms with E-state index in [0.717, 1.165) is 19.4 Å². The van der Waals surface area contributed by atoms with Crippen LogP contribution in [0.25, 0.3) is 11.3 Å². The van der Waals surface area contributed by atoms with E-state index < -0.39 is 0 Å². The number of hydrogen-bond acceptors (Lipinski definition) is 5. The van der Waals surface area contributed by atoms with E-state index in [0.29, 0.717) is 29.3 Å². The Kier molecular flexibility index (Phi) is 4.78. The zero-order valence-corrected chi connectivity index (χ0v) is 14.6. The van der Waals surface area contributed by atoms with Gasteiger partial charge >= 0.3 is 0 Å². The van der Waals surface area contributed by atoms with E-state index in [4.69, 9.17) is 0 Å². The van der Waals surface area contributed by atoms with E-state index in [9.17, 15) is 9.18 Å². The third kappa shape index (κ3) is 3.79. The normalized spacial score (nSPS) is 16.9. The van der Waals surface area contributed by atoms with Crippen LogP contribution in [0.4, 0.5) is 10.3 Å². The van der Waals surface area contributed by atoms with Gasteiger partial charge in [-0.3, -0.25) is 9.89 Å². The van der Waals surface area contributed by atoms with Crippen molar-refractivity contribution in [2.24, 2.45) is 0 Å². The predicted molar refractivity (Wildman–Crippen MR) is 98.7 cm³/mol. The van der Waals surface area contributed by atoms with Gasteiger partial charge in [0, 0.05) is 37.1 Å². The lowest BCUT2D eigenvalue weighted by Crippen LogP contribution is -2.48. The molecule has 0 spiro atoms. The number of piperidine rings is 1. The number of carbonyl (C=O) groups is 1. The lowest BCUT2D eigenvalue weighted by Gasteiger charge is -2.33. The molecule has 2 N–H and O–H groups in total. The van der Waals surface area contributed by atoms with Gasteiger partial charge in [0.15, 0.2) is 0 Å². The van der Waals surface area contributed by atoms with Crippen LogP contribution in [-0.4, -0.2) is 45.2 Å². The standard InChI is InChI=1S/C19H19FN6O/c20-14-5-1-4-13(10-14)17-16(11-23-25-17)18(27)24-15-6-2-9-26(12-15)19-21-7-3-8-22-19/h1,3-5,7-8,10-11,15H,2,6,9,12H2,(H,23,25)(H,24,27). The van der Waals surface area contributed by atoms with Crippen molar-refractivity contribution in [3.05, 3.63) is 60.3 Å². The van der Waals surface area contributed by atoms with Crippen LogP contribution in [0.5, 0.6) is 0 Å². The second kappa shape index (κ2) is 7.53. The Morgan fingerprint density at radius 3 is 2.93 bits per heavy atom. The summed E-state index contributed by atoms with van der Waals surface area (Å²) >= 11 is 0. The Labute approximate surface area is 155 Å². The number of amides is 1. The molecule has 1 fully saturated rings. The number of nitrogens with zero attached hydrogens (tertiary/aromatic N) is 4. The number of aromatic amines is 1. The number of hydrogen-bond donors (Lipinski definition) is 2. The molecule has 0 aliphatic carbocycles. The van der Waals surface area contributed by atoms with Gasteiger partial charge in [0.1, 0.15) is 5.82 Å².